The van der Waals surface area contributed by atoms with Gasteiger partial charge in [0.05, 0.1) is 13.2 Å². The minimum atomic E-state index is 0.620. The zero-order valence-corrected chi connectivity index (χ0v) is 13.0. The molecule has 0 aliphatic carbocycles. The number of nitrogens with one attached hydrogen (secondary N) is 1. The van der Waals surface area contributed by atoms with E-state index in [2.05, 4.69) is 36.3 Å². The summed E-state index contributed by atoms with van der Waals surface area (Å²) in [5.74, 6) is 0. The number of likely N-dealkylation sites (N-methyl/N-ethyl adjacent to an activating group) is 1. The van der Waals surface area contributed by atoms with Crippen LogP contribution >= 0.6 is 11.3 Å². The second-order valence-corrected chi connectivity index (χ2v) is 6.55. The summed E-state index contributed by atoms with van der Waals surface area (Å²) in [4.78, 5) is 5.18. The first-order chi connectivity index (χ1) is 9.29. The van der Waals surface area contributed by atoms with E-state index in [4.69, 9.17) is 4.74 Å². The van der Waals surface area contributed by atoms with Gasteiger partial charge in [-0.15, -0.1) is 11.3 Å². The molecule has 1 aromatic heterocycles. The van der Waals surface area contributed by atoms with Crippen LogP contribution < -0.4 is 5.32 Å². The molecule has 1 aromatic rings. The molecule has 1 unspecified atom stereocenters. The third-order valence-corrected chi connectivity index (χ3v) is 4.80. The van der Waals surface area contributed by atoms with Gasteiger partial charge in [0.1, 0.15) is 0 Å². The predicted molar refractivity (Wildman–Crippen MR) is 81.6 cm³/mol. The summed E-state index contributed by atoms with van der Waals surface area (Å²) in [6.07, 6.45) is 3.97. The zero-order valence-electron chi connectivity index (χ0n) is 12.2. The first-order valence-electron chi connectivity index (χ1n) is 7.36. The van der Waals surface area contributed by atoms with Crippen molar-refractivity contribution >= 4 is 11.3 Å². The van der Waals surface area contributed by atoms with Crippen molar-refractivity contribution in [1.82, 2.24) is 10.2 Å². The molecule has 1 fully saturated rings. The molecule has 1 saturated heterocycles. The topological polar surface area (TPSA) is 24.5 Å². The second kappa shape index (κ2) is 8.00. The fourth-order valence-corrected chi connectivity index (χ4v) is 3.42. The highest BCUT2D eigenvalue weighted by molar-refractivity contribution is 7.11. The summed E-state index contributed by atoms with van der Waals surface area (Å²) < 4.78 is 5.90. The second-order valence-electron chi connectivity index (χ2n) is 5.29. The number of thiophene rings is 1. The number of hydrogen-bond acceptors (Lipinski definition) is 4. The summed E-state index contributed by atoms with van der Waals surface area (Å²) in [5.41, 5.74) is 0. The van der Waals surface area contributed by atoms with Crippen molar-refractivity contribution in [3.8, 4) is 0 Å². The van der Waals surface area contributed by atoms with Gasteiger partial charge in [0.15, 0.2) is 0 Å². The van der Waals surface area contributed by atoms with Crippen molar-refractivity contribution in [2.45, 2.75) is 45.4 Å². The molecular formula is C15H26N2OS. The predicted octanol–water partition coefficient (Wildman–Crippen LogP) is 2.86. The molecule has 2 heterocycles. The van der Waals surface area contributed by atoms with Crippen molar-refractivity contribution in [2.24, 2.45) is 0 Å². The Balaban J connectivity index is 1.68. The van der Waals surface area contributed by atoms with E-state index in [-0.39, 0.29) is 0 Å². The summed E-state index contributed by atoms with van der Waals surface area (Å²) in [6.45, 7) is 7.00. The number of piperidine rings is 1. The quantitative estimate of drug-likeness (QED) is 0.832. The molecule has 2 rings (SSSR count). The summed E-state index contributed by atoms with van der Waals surface area (Å²) in [6, 6.07) is 5.02. The van der Waals surface area contributed by atoms with Crippen LogP contribution in [0, 0.1) is 0 Å². The van der Waals surface area contributed by atoms with E-state index in [1.165, 1.54) is 35.6 Å². The van der Waals surface area contributed by atoms with Crippen LogP contribution in [-0.4, -0.2) is 37.7 Å². The Morgan fingerprint density at radius 2 is 2.21 bits per heavy atom. The molecule has 1 aliphatic rings. The largest absolute Gasteiger partial charge is 0.374 e. The molecule has 0 saturated carbocycles. The minimum Gasteiger partial charge on any atom is -0.374 e. The van der Waals surface area contributed by atoms with Crippen LogP contribution in [0.5, 0.6) is 0 Å². The first-order valence-corrected chi connectivity index (χ1v) is 8.17. The highest BCUT2D eigenvalue weighted by Gasteiger charge is 2.18. The first kappa shape index (κ1) is 15.0. The Hall–Kier alpha value is -0.420. The van der Waals surface area contributed by atoms with Crippen LogP contribution in [0.25, 0.3) is 0 Å². The lowest BCUT2D eigenvalue weighted by Gasteiger charge is -2.32. The number of ether oxygens (including phenoxy) is 1. The number of rotatable bonds is 7. The molecule has 3 nitrogen and oxygen atoms in total. The maximum Gasteiger partial charge on any atom is 0.0810 e. The lowest BCUT2D eigenvalue weighted by atomic mass is 10.0. The van der Waals surface area contributed by atoms with Gasteiger partial charge >= 0.3 is 0 Å². The van der Waals surface area contributed by atoms with Crippen molar-refractivity contribution in [2.75, 3.05) is 26.7 Å². The molecule has 108 valence electrons. The molecule has 1 atom stereocenters. The SMILES string of the molecule is CCNCc1ccc(COCC2CCCCN2C)s1. The molecule has 19 heavy (non-hydrogen) atoms. The third kappa shape index (κ3) is 4.88. The van der Waals surface area contributed by atoms with Gasteiger partial charge < -0.3 is 15.0 Å². The Labute approximate surface area is 121 Å². The fourth-order valence-electron chi connectivity index (χ4n) is 2.49. The van der Waals surface area contributed by atoms with E-state index < -0.39 is 0 Å². The van der Waals surface area contributed by atoms with Crippen molar-refractivity contribution in [3.05, 3.63) is 21.9 Å². The number of hydrogen-bond donors (Lipinski definition) is 1. The molecule has 1 N–H and O–H groups in total. The number of likely N-dealkylation sites (tertiary alicyclic amines) is 1. The van der Waals surface area contributed by atoms with Crippen molar-refractivity contribution in [3.63, 3.8) is 0 Å². The highest BCUT2D eigenvalue weighted by atomic mass is 32.1. The van der Waals surface area contributed by atoms with Crippen LogP contribution in [-0.2, 0) is 17.9 Å². The Morgan fingerprint density at radius 1 is 1.37 bits per heavy atom. The summed E-state index contributed by atoms with van der Waals surface area (Å²) >= 11 is 1.86. The van der Waals surface area contributed by atoms with Crippen LogP contribution in [0.1, 0.15) is 35.9 Å². The van der Waals surface area contributed by atoms with Gasteiger partial charge in [-0.3, -0.25) is 0 Å². The molecule has 0 aromatic carbocycles. The van der Waals surface area contributed by atoms with Gasteiger partial charge in [-0.2, -0.15) is 0 Å². The van der Waals surface area contributed by atoms with Gasteiger partial charge in [-0.1, -0.05) is 13.3 Å². The lowest BCUT2D eigenvalue weighted by Crippen LogP contribution is -2.39. The Morgan fingerprint density at radius 3 is 3.00 bits per heavy atom. The van der Waals surface area contributed by atoms with Gasteiger partial charge in [0.25, 0.3) is 0 Å². The van der Waals surface area contributed by atoms with Gasteiger partial charge in [-0.05, 0) is 45.1 Å². The van der Waals surface area contributed by atoms with E-state index in [9.17, 15) is 0 Å². The van der Waals surface area contributed by atoms with E-state index in [0.29, 0.717) is 6.04 Å². The average molecular weight is 282 g/mol. The van der Waals surface area contributed by atoms with Gasteiger partial charge in [0, 0.05) is 22.3 Å². The third-order valence-electron chi connectivity index (χ3n) is 3.74. The molecule has 0 amide bonds. The van der Waals surface area contributed by atoms with Gasteiger partial charge in [0.2, 0.25) is 0 Å². The van der Waals surface area contributed by atoms with Crippen LogP contribution in [0.4, 0.5) is 0 Å². The Bertz CT molecular complexity index is 367. The van der Waals surface area contributed by atoms with Crippen LogP contribution in [0.3, 0.4) is 0 Å². The van der Waals surface area contributed by atoms with Crippen molar-refractivity contribution in [1.29, 1.82) is 0 Å². The maximum atomic E-state index is 5.90. The highest BCUT2D eigenvalue weighted by Crippen LogP contribution is 2.19. The van der Waals surface area contributed by atoms with E-state index in [1.54, 1.807) is 0 Å². The fraction of sp³-hybridized carbons (Fsp3) is 0.733. The van der Waals surface area contributed by atoms with Crippen LogP contribution in [0.15, 0.2) is 12.1 Å². The minimum absolute atomic E-state index is 0.620. The number of nitrogens with zero attached hydrogens (tertiary/aromatic N) is 1. The van der Waals surface area contributed by atoms with E-state index >= 15 is 0 Å². The molecule has 0 bridgehead atoms. The monoisotopic (exact) mass is 282 g/mol. The molecule has 0 spiro atoms. The maximum absolute atomic E-state index is 5.90. The molecule has 4 heteroatoms. The lowest BCUT2D eigenvalue weighted by molar-refractivity contribution is 0.0455. The molecule has 1 aliphatic heterocycles. The van der Waals surface area contributed by atoms with E-state index in [0.717, 1.165) is 26.3 Å². The average Bonchev–Trinajstić information content (AvgIpc) is 2.86. The van der Waals surface area contributed by atoms with Crippen LogP contribution in [0.2, 0.25) is 0 Å². The molecular weight excluding hydrogens is 256 g/mol. The summed E-state index contributed by atoms with van der Waals surface area (Å²) in [7, 11) is 2.22. The smallest absolute Gasteiger partial charge is 0.0810 e. The van der Waals surface area contributed by atoms with Crippen molar-refractivity contribution < 1.29 is 4.74 Å². The summed E-state index contributed by atoms with van der Waals surface area (Å²) in [5, 5.41) is 3.35. The zero-order chi connectivity index (χ0) is 13.5. The normalized spacial score (nSPS) is 20.8. The van der Waals surface area contributed by atoms with E-state index in [1.807, 2.05) is 11.3 Å². The molecule has 0 radical (unpaired) electrons. The van der Waals surface area contributed by atoms with Gasteiger partial charge in [-0.25, -0.2) is 0 Å². The standard InChI is InChI=1S/C15H26N2OS/c1-3-16-10-14-7-8-15(19-14)12-18-11-13-6-4-5-9-17(13)2/h7-8,13,16H,3-6,9-12H2,1-2H3. The Kier molecular flexibility index (Phi) is 6.31.